The highest BCUT2D eigenvalue weighted by Crippen LogP contribution is 2.29. The van der Waals surface area contributed by atoms with Crippen LogP contribution in [0.1, 0.15) is 22.0 Å². The van der Waals surface area contributed by atoms with E-state index < -0.39 is 22.0 Å². The average Bonchev–Trinajstić information content (AvgIpc) is 2.84. The lowest BCUT2D eigenvalue weighted by molar-refractivity contribution is -0.148. The first kappa shape index (κ1) is 24.7. The number of rotatable bonds is 7. The van der Waals surface area contributed by atoms with Crippen LogP contribution >= 0.6 is 11.6 Å². The third-order valence-corrected chi connectivity index (χ3v) is 7.13. The predicted molar refractivity (Wildman–Crippen MR) is 124 cm³/mol. The first-order chi connectivity index (χ1) is 15.8. The van der Waals surface area contributed by atoms with Crippen molar-refractivity contribution in [2.75, 3.05) is 39.8 Å². The molecule has 8 nitrogen and oxygen atoms in total. The number of hydrogen-bond acceptors (Lipinski definition) is 6. The van der Waals surface area contributed by atoms with Crippen molar-refractivity contribution in [2.24, 2.45) is 0 Å². The van der Waals surface area contributed by atoms with Gasteiger partial charge >= 0.3 is 5.97 Å². The van der Waals surface area contributed by atoms with Crippen LogP contribution in [0.3, 0.4) is 0 Å². The number of sulfonamides is 1. The number of carbonyl (C=O) groups is 2. The highest BCUT2D eigenvalue weighted by atomic mass is 35.5. The number of amides is 1. The molecule has 1 heterocycles. The molecule has 0 saturated carbocycles. The molecule has 174 valence electrons. The van der Waals surface area contributed by atoms with Crippen molar-refractivity contribution in [3.8, 4) is 12.3 Å². The van der Waals surface area contributed by atoms with Crippen LogP contribution in [0.4, 0.5) is 0 Å². The molecule has 0 bridgehead atoms. The Kier molecular flexibility index (Phi) is 8.10. The minimum Gasteiger partial charge on any atom is -0.468 e. The molecular weight excluding hydrogens is 466 g/mol. The highest BCUT2D eigenvalue weighted by molar-refractivity contribution is 7.89. The largest absolute Gasteiger partial charge is 0.468 e. The van der Waals surface area contributed by atoms with E-state index in [9.17, 15) is 18.0 Å². The van der Waals surface area contributed by atoms with Gasteiger partial charge in [0.15, 0.2) is 0 Å². The number of benzene rings is 2. The van der Waals surface area contributed by atoms with Crippen molar-refractivity contribution in [2.45, 2.75) is 10.9 Å². The van der Waals surface area contributed by atoms with Gasteiger partial charge in [-0.15, -0.1) is 6.42 Å². The third kappa shape index (κ3) is 5.72. The zero-order valence-electron chi connectivity index (χ0n) is 18.0. The molecular formula is C23H24ClN3O5S. The molecule has 0 radical (unpaired) electrons. The number of nitrogens with one attached hydrogen (secondary N) is 1. The van der Waals surface area contributed by atoms with Crippen LogP contribution in [0.5, 0.6) is 0 Å². The van der Waals surface area contributed by atoms with E-state index in [2.05, 4.69) is 10.6 Å². The fourth-order valence-electron chi connectivity index (χ4n) is 3.64. The molecule has 1 unspecified atom stereocenters. The lowest BCUT2D eigenvalue weighted by atomic mass is 10.0. The van der Waals surface area contributed by atoms with Crippen LogP contribution in [0.2, 0.25) is 5.02 Å². The number of terminal acetylenes is 1. The number of esters is 1. The molecule has 0 aromatic heterocycles. The van der Waals surface area contributed by atoms with E-state index in [0.29, 0.717) is 42.3 Å². The molecule has 1 amide bonds. The van der Waals surface area contributed by atoms with Gasteiger partial charge in [0.2, 0.25) is 10.0 Å². The molecule has 1 atom stereocenters. The number of ether oxygens (including phenoxy) is 1. The summed E-state index contributed by atoms with van der Waals surface area (Å²) >= 11 is 6.32. The summed E-state index contributed by atoms with van der Waals surface area (Å²) in [5.74, 6) is 1.57. The van der Waals surface area contributed by atoms with Crippen LogP contribution in [0, 0.1) is 12.3 Å². The second-order valence-corrected chi connectivity index (χ2v) is 9.50. The van der Waals surface area contributed by atoms with Crippen molar-refractivity contribution in [3.05, 3.63) is 64.7 Å². The Morgan fingerprint density at radius 2 is 1.76 bits per heavy atom. The topological polar surface area (TPSA) is 96.0 Å². The highest BCUT2D eigenvalue weighted by Gasteiger charge is 2.33. The summed E-state index contributed by atoms with van der Waals surface area (Å²) < 4.78 is 31.5. The van der Waals surface area contributed by atoms with Gasteiger partial charge in [-0.25, -0.2) is 13.2 Å². The molecule has 1 fully saturated rings. The number of carbonyl (C=O) groups excluding carboxylic acids is 2. The van der Waals surface area contributed by atoms with Gasteiger partial charge in [0.25, 0.3) is 5.91 Å². The van der Waals surface area contributed by atoms with Gasteiger partial charge in [-0.2, -0.15) is 4.72 Å². The summed E-state index contributed by atoms with van der Waals surface area (Å²) in [7, 11) is -2.39. The molecule has 10 heteroatoms. The van der Waals surface area contributed by atoms with Gasteiger partial charge in [-0.1, -0.05) is 35.7 Å². The van der Waals surface area contributed by atoms with Crippen LogP contribution in [0.15, 0.2) is 53.4 Å². The summed E-state index contributed by atoms with van der Waals surface area (Å²) in [4.78, 5) is 29.1. The monoisotopic (exact) mass is 489 g/mol. The average molecular weight is 490 g/mol. The van der Waals surface area contributed by atoms with E-state index in [1.54, 1.807) is 23.1 Å². The smallest absolute Gasteiger partial charge is 0.327 e. The lowest BCUT2D eigenvalue weighted by Gasteiger charge is -2.38. The Hall–Kier alpha value is -2.90. The normalized spacial score (nSPS) is 15.5. The quantitative estimate of drug-likeness (QED) is 0.471. The van der Waals surface area contributed by atoms with Crippen molar-refractivity contribution in [3.63, 3.8) is 0 Å². The van der Waals surface area contributed by atoms with Crippen molar-refractivity contribution in [1.82, 2.24) is 14.5 Å². The standard InChI is InChI=1S/C23H24ClN3O5S/c1-3-12-25-33(30,31)18-10-8-17(9-11-18)22(28)27-15-13-26(14-16-27)21(23(29)32-2)19-6-4-5-7-20(19)24/h1,4-11,21,25H,12-16H2,2H3. The maximum Gasteiger partial charge on any atom is 0.327 e. The summed E-state index contributed by atoms with van der Waals surface area (Å²) in [6.07, 6.45) is 5.09. The summed E-state index contributed by atoms with van der Waals surface area (Å²) in [5, 5.41) is 0.471. The fourth-order valence-corrected chi connectivity index (χ4v) is 4.82. The Morgan fingerprint density at radius 1 is 1.12 bits per heavy atom. The van der Waals surface area contributed by atoms with Gasteiger partial charge in [0.05, 0.1) is 18.6 Å². The predicted octanol–water partition coefficient (Wildman–Crippen LogP) is 1.92. The maximum absolute atomic E-state index is 12.9. The summed E-state index contributed by atoms with van der Waals surface area (Å²) in [5.41, 5.74) is 1.02. The van der Waals surface area contributed by atoms with Gasteiger partial charge in [-0.05, 0) is 35.9 Å². The van der Waals surface area contributed by atoms with Crippen LogP contribution in [0.25, 0.3) is 0 Å². The maximum atomic E-state index is 12.9. The summed E-state index contributed by atoms with van der Waals surface area (Å²) in [6, 6.07) is 12.1. The third-order valence-electron chi connectivity index (χ3n) is 5.37. The summed E-state index contributed by atoms with van der Waals surface area (Å²) in [6.45, 7) is 1.55. The molecule has 1 N–H and O–H groups in total. The number of nitrogens with zero attached hydrogens (tertiary/aromatic N) is 2. The van der Waals surface area contributed by atoms with E-state index in [1.807, 2.05) is 11.0 Å². The van der Waals surface area contributed by atoms with E-state index in [4.69, 9.17) is 22.8 Å². The van der Waals surface area contributed by atoms with E-state index >= 15 is 0 Å². The molecule has 1 aliphatic heterocycles. The Morgan fingerprint density at radius 3 is 2.33 bits per heavy atom. The molecule has 2 aromatic rings. The molecule has 3 rings (SSSR count). The Bertz CT molecular complexity index is 1150. The number of methoxy groups -OCH3 is 1. The molecule has 2 aromatic carbocycles. The van der Waals surface area contributed by atoms with Crippen LogP contribution < -0.4 is 4.72 Å². The van der Waals surface area contributed by atoms with Crippen molar-refractivity contribution in [1.29, 1.82) is 0 Å². The molecule has 33 heavy (non-hydrogen) atoms. The van der Waals surface area contributed by atoms with Crippen molar-refractivity contribution >= 4 is 33.5 Å². The zero-order valence-corrected chi connectivity index (χ0v) is 19.6. The second kappa shape index (κ2) is 10.8. The van der Waals surface area contributed by atoms with E-state index in [-0.39, 0.29) is 17.3 Å². The van der Waals surface area contributed by atoms with Crippen molar-refractivity contribution < 1.29 is 22.7 Å². The number of hydrogen-bond donors (Lipinski definition) is 1. The second-order valence-electron chi connectivity index (χ2n) is 7.33. The van der Waals surface area contributed by atoms with Crippen LogP contribution in [-0.2, 0) is 19.6 Å². The van der Waals surface area contributed by atoms with Gasteiger partial charge in [0.1, 0.15) is 6.04 Å². The minimum absolute atomic E-state index is 0.0276. The SMILES string of the molecule is C#CCNS(=O)(=O)c1ccc(C(=O)N2CCN(C(C(=O)OC)c3ccccc3Cl)CC2)cc1. The minimum atomic E-state index is -3.73. The Labute approximate surface area is 198 Å². The van der Waals surface area contributed by atoms with Gasteiger partial charge < -0.3 is 9.64 Å². The molecule has 0 aliphatic carbocycles. The Balaban J connectivity index is 1.69. The number of halogens is 1. The number of piperazine rings is 1. The molecule has 1 aliphatic rings. The van der Waals surface area contributed by atoms with Gasteiger partial charge in [-0.3, -0.25) is 9.69 Å². The first-order valence-electron chi connectivity index (χ1n) is 10.2. The van der Waals surface area contributed by atoms with Gasteiger partial charge in [0, 0.05) is 36.8 Å². The lowest BCUT2D eigenvalue weighted by Crippen LogP contribution is -2.51. The first-order valence-corrected chi connectivity index (χ1v) is 12.0. The fraction of sp³-hybridized carbons (Fsp3) is 0.304. The van der Waals surface area contributed by atoms with Crippen LogP contribution in [-0.4, -0.2) is 69.9 Å². The molecule has 1 saturated heterocycles. The molecule has 0 spiro atoms. The van der Waals surface area contributed by atoms with E-state index in [1.165, 1.54) is 31.4 Å². The zero-order chi connectivity index (χ0) is 24.0. The van der Waals surface area contributed by atoms with E-state index in [0.717, 1.165) is 0 Å².